The predicted molar refractivity (Wildman–Crippen MR) is 51.2 cm³/mol. The standard InChI is InChI=1S/C10H22O2/c1-5-9(2)8-10(3,11)6-7-12-4/h9,11H,5-8H2,1-4H3. The molecular weight excluding hydrogens is 152 g/mol. The van der Waals surface area contributed by atoms with Crippen LogP contribution in [0.2, 0.25) is 0 Å². The highest BCUT2D eigenvalue weighted by Gasteiger charge is 2.21. The van der Waals surface area contributed by atoms with E-state index in [9.17, 15) is 5.11 Å². The number of aliphatic hydroxyl groups is 1. The Labute approximate surface area is 75.9 Å². The lowest BCUT2D eigenvalue weighted by Crippen LogP contribution is -2.28. The van der Waals surface area contributed by atoms with E-state index < -0.39 is 5.60 Å². The van der Waals surface area contributed by atoms with Crippen molar-refractivity contribution in [3.05, 3.63) is 0 Å². The molecule has 2 nitrogen and oxygen atoms in total. The maximum Gasteiger partial charge on any atom is 0.0644 e. The SMILES string of the molecule is CCC(C)CC(C)(O)CCOC. The van der Waals surface area contributed by atoms with Crippen molar-refractivity contribution in [1.29, 1.82) is 0 Å². The van der Waals surface area contributed by atoms with E-state index in [1.54, 1.807) is 7.11 Å². The maximum absolute atomic E-state index is 9.87. The summed E-state index contributed by atoms with van der Waals surface area (Å²) in [6.45, 7) is 6.85. The summed E-state index contributed by atoms with van der Waals surface area (Å²) in [4.78, 5) is 0. The third kappa shape index (κ3) is 5.56. The summed E-state index contributed by atoms with van der Waals surface area (Å²) in [6, 6.07) is 0. The molecule has 0 rings (SSSR count). The maximum atomic E-state index is 9.87. The molecule has 0 radical (unpaired) electrons. The van der Waals surface area contributed by atoms with Gasteiger partial charge >= 0.3 is 0 Å². The third-order valence-corrected chi connectivity index (χ3v) is 2.33. The average Bonchev–Trinajstić information content (AvgIpc) is 2.00. The van der Waals surface area contributed by atoms with Crippen molar-refractivity contribution in [3.8, 4) is 0 Å². The zero-order valence-corrected chi connectivity index (χ0v) is 8.76. The summed E-state index contributed by atoms with van der Waals surface area (Å²) >= 11 is 0. The predicted octanol–water partition coefficient (Wildman–Crippen LogP) is 2.21. The fraction of sp³-hybridized carbons (Fsp3) is 1.00. The van der Waals surface area contributed by atoms with Gasteiger partial charge in [-0.2, -0.15) is 0 Å². The highest BCUT2D eigenvalue weighted by atomic mass is 16.5. The molecule has 12 heavy (non-hydrogen) atoms. The van der Waals surface area contributed by atoms with Crippen molar-refractivity contribution < 1.29 is 9.84 Å². The van der Waals surface area contributed by atoms with Gasteiger partial charge in [0.2, 0.25) is 0 Å². The molecular formula is C10H22O2. The molecule has 0 aliphatic heterocycles. The average molecular weight is 174 g/mol. The first-order chi connectivity index (χ1) is 5.52. The van der Waals surface area contributed by atoms with Crippen LogP contribution in [0.4, 0.5) is 0 Å². The second-order valence-corrected chi connectivity index (χ2v) is 3.96. The Bertz CT molecular complexity index is 110. The van der Waals surface area contributed by atoms with E-state index in [-0.39, 0.29) is 0 Å². The van der Waals surface area contributed by atoms with Crippen LogP contribution in [0.25, 0.3) is 0 Å². The molecule has 0 bridgehead atoms. The topological polar surface area (TPSA) is 29.5 Å². The first kappa shape index (κ1) is 11.9. The highest BCUT2D eigenvalue weighted by Crippen LogP contribution is 2.21. The Morgan fingerprint density at radius 3 is 2.50 bits per heavy atom. The molecule has 0 saturated carbocycles. The van der Waals surface area contributed by atoms with E-state index in [4.69, 9.17) is 4.74 Å². The second kappa shape index (κ2) is 5.55. The molecule has 2 heteroatoms. The van der Waals surface area contributed by atoms with Crippen LogP contribution < -0.4 is 0 Å². The molecule has 0 spiro atoms. The normalized spacial score (nSPS) is 18.8. The molecule has 2 unspecified atom stereocenters. The van der Waals surface area contributed by atoms with Gasteiger partial charge in [0, 0.05) is 13.7 Å². The van der Waals surface area contributed by atoms with E-state index in [1.807, 2.05) is 6.92 Å². The van der Waals surface area contributed by atoms with E-state index in [2.05, 4.69) is 13.8 Å². The molecule has 0 aromatic rings. The van der Waals surface area contributed by atoms with Crippen LogP contribution in [-0.4, -0.2) is 24.4 Å². The van der Waals surface area contributed by atoms with Gasteiger partial charge in [0.25, 0.3) is 0 Å². The minimum Gasteiger partial charge on any atom is -0.390 e. The number of methoxy groups -OCH3 is 1. The molecule has 0 heterocycles. The lowest BCUT2D eigenvalue weighted by atomic mass is 9.89. The van der Waals surface area contributed by atoms with Crippen molar-refractivity contribution in [1.82, 2.24) is 0 Å². The van der Waals surface area contributed by atoms with Gasteiger partial charge in [0.05, 0.1) is 5.60 Å². The molecule has 74 valence electrons. The summed E-state index contributed by atoms with van der Waals surface area (Å²) in [5.74, 6) is 0.594. The molecule has 0 aromatic heterocycles. The van der Waals surface area contributed by atoms with Crippen molar-refractivity contribution in [3.63, 3.8) is 0 Å². The van der Waals surface area contributed by atoms with Gasteiger partial charge in [-0.1, -0.05) is 20.3 Å². The summed E-state index contributed by atoms with van der Waals surface area (Å²) in [7, 11) is 1.67. The summed E-state index contributed by atoms with van der Waals surface area (Å²) < 4.78 is 4.93. The van der Waals surface area contributed by atoms with Gasteiger partial charge in [-0.3, -0.25) is 0 Å². The van der Waals surface area contributed by atoms with Gasteiger partial charge in [-0.05, 0) is 25.7 Å². The van der Waals surface area contributed by atoms with Crippen LogP contribution in [0.15, 0.2) is 0 Å². The fourth-order valence-electron chi connectivity index (χ4n) is 1.32. The Kier molecular flexibility index (Phi) is 5.51. The number of rotatable bonds is 6. The quantitative estimate of drug-likeness (QED) is 0.669. The number of hydrogen-bond acceptors (Lipinski definition) is 2. The minimum absolute atomic E-state index is 0.550. The zero-order chi connectivity index (χ0) is 9.61. The third-order valence-electron chi connectivity index (χ3n) is 2.33. The number of ether oxygens (including phenoxy) is 1. The second-order valence-electron chi connectivity index (χ2n) is 3.96. The van der Waals surface area contributed by atoms with Crippen LogP contribution in [0.1, 0.15) is 40.0 Å². The Morgan fingerprint density at radius 1 is 1.50 bits per heavy atom. The van der Waals surface area contributed by atoms with Gasteiger partial charge < -0.3 is 9.84 Å². The molecule has 2 atom stereocenters. The van der Waals surface area contributed by atoms with Gasteiger partial charge in [-0.15, -0.1) is 0 Å². The Morgan fingerprint density at radius 2 is 2.08 bits per heavy atom. The van der Waals surface area contributed by atoms with Gasteiger partial charge in [0.1, 0.15) is 0 Å². The van der Waals surface area contributed by atoms with Crippen LogP contribution in [0.3, 0.4) is 0 Å². The fourth-order valence-corrected chi connectivity index (χ4v) is 1.32. The van der Waals surface area contributed by atoms with E-state index >= 15 is 0 Å². The molecule has 1 N–H and O–H groups in total. The van der Waals surface area contributed by atoms with Crippen molar-refractivity contribution in [2.75, 3.05) is 13.7 Å². The summed E-state index contributed by atoms with van der Waals surface area (Å²) in [5, 5.41) is 9.87. The van der Waals surface area contributed by atoms with E-state index in [1.165, 1.54) is 0 Å². The summed E-state index contributed by atoms with van der Waals surface area (Å²) in [5.41, 5.74) is -0.550. The lowest BCUT2D eigenvalue weighted by molar-refractivity contribution is 0.00543. The Hall–Kier alpha value is -0.0800. The molecule has 0 fully saturated rings. The molecule has 0 aliphatic rings. The van der Waals surface area contributed by atoms with E-state index in [0.717, 1.165) is 19.3 Å². The molecule has 0 amide bonds. The Balaban J connectivity index is 3.69. The monoisotopic (exact) mass is 174 g/mol. The van der Waals surface area contributed by atoms with Crippen LogP contribution >= 0.6 is 0 Å². The first-order valence-corrected chi connectivity index (χ1v) is 4.73. The zero-order valence-electron chi connectivity index (χ0n) is 8.76. The molecule has 0 aromatic carbocycles. The smallest absolute Gasteiger partial charge is 0.0644 e. The van der Waals surface area contributed by atoms with Crippen LogP contribution in [0.5, 0.6) is 0 Å². The lowest BCUT2D eigenvalue weighted by Gasteiger charge is -2.25. The largest absolute Gasteiger partial charge is 0.390 e. The molecule has 0 aliphatic carbocycles. The summed E-state index contributed by atoms with van der Waals surface area (Å²) in [6.07, 6.45) is 2.73. The van der Waals surface area contributed by atoms with E-state index in [0.29, 0.717) is 12.5 Å². The number of hydrogen-bond donors (Lipinski definition) is 1. The molecule has 0 saturated heterocycles. The van der Waals surface area contributed by atoms with Crippen molar-refractivity contribution in [2.45, 2.75) is 45.6 Å². The minimum atomic E-state index is -0.550. The van der Waals surface area contributed by atoms with Crippen molar-refractivity contribution in [2.24, 2.45) is 5.92 Å². The van der Waals surface area contributed by atoms with Crippen molar-refractivity contribution >= 4 is 0 Å². The van der Waals surface area contributed by atoms with Gasteiger partial charge in [-0.25, -0.2) is 0 Å². The van der Waals surface area contributed by atoms with Crippen LogP contribution in [-0.2, 0) is 4.74 Å². The van der Waals surface area contributed by atoms with Crippen LogP contribution in [0, 0.1) is 5.92 Å². The highest BCUT2D eigenvalue weighted by molar-refractivity contribution is 4.74. The first-order valence-electron chi connectivity index (χ1n) is 4.73. The van der Waals surface area contributed by atoms with Gasteiger partial charge in [0.15, 0.2) is 0 Å².